The van der Waals surface area contributed by atoms with Crippen LogP contribution in [0.5, 0.6) is 0 Å². The predicted octanol–water partition coefficient (Wildman–Crippen LogP) is 2.23. The molecule has 116 valence electrons. The summed E-state index contributed by atoms with van der Waals surface area (Å²) in [6.45, 7) is 4.50. The van der Waals surface area contributed by atoms with Crippen molar-refractivity contribution >= 4 is 5.91 Å². The zero-order valence-corrected chi connectivity index (χ0v) is 13.1. The van der Waals surface area contributed by atoms with Gasteiger partial charge in [-0.25, -0.2) is 0 Å². The summed E-state index contributed by atoms with van der Waals surface area (Å²) in [4.78, 5) is 12.4. The van der Waals surface area contributed by atoms with E-state index in [0.29, 0.717) is 6.54 Å². The highest BCUT2D eigenvalue weighted by Crippen LogP contribution is 2.31. The Bertz CT molecular complexity index is 479. The molecule has 0 spiro atoms. The zero-order chi connectivity index (χ0) is 15.5. The van der Waals surface area contributed by atoms with Crippen molar-refractivity contribution in [3.8, 4) is 0 Å². The summed E-state index contributed by atoms with van der Waals surface area (Å²) in [6.07, 6.45) is 4.03. The third kappa shape index (κ3) is 4.05. The summed E-state index contributed by atoms with van der Waals surface area (Å²) >= 11 is 0. The van der Waals surface area contributed by atoms with Gasteiger partial charge in [-0.05, 0) is 37.8 Å². The van der Waals surface area contributed by atoms with Gasteiger partial charge in [0.05, 0.1) is 5.92 Å². The molecule has 4 heteroatoms. The lowest BCUT2D eigenvalue weighted by Gasteiger charge is -2.37. The van der Waals surface area contributed by atoms with Crippen molar-refractivity contribution in [1.29, 1.82) is 0 Å². The summed E-state index contributed by atoms with van der Waals surface area (Å²) in [5.41, 5.74) is 13.9. The Hall–Kier alpha value is -1.39. The van der Waals surface area contributed by atoms with Crippen LogP contribution in [0.2, 0.25) is 0 Å². The normalized spacial score (nSPS) is 27.1. The van der Waals surface area contributed by atoms with Crippen LogP contribution in [0.3, 0.4) is 0 Å². The molecule has 1 aliphatic rings. The van der Waals surface area contributed by atoms with Gasteiger partial charge in [0, 0.05) is 18.1 Å². The third-order valence-corrected chi connectivity index (χ3v) is 4.54. The van der Waals surface area contributed by atoms with Gasteiger partial charge in [-0.15, -0.1) is 0 Å². The average molecular weight is 289 g/mol. The van der Waals surface area contributed by atoms with Crippen LogP contribution in [-0.4, -0.2) is 11.4 Å². The molecule has 0 aliphatic heterocycles. The van der Waals surface area contributed by atoms with Crippen molar-refractivity contribution < 1.29 is 4.79 Å². The summed E-state index contributed by atoms with van der Waals surface area (Å²) < 4.78 is 0. The smallest absolute Gasteiger partial charge is 0.225 e. The number of benzene rings is 1. The highest BCUT2D eigenvalue weighted by atomic mass is 16.1. The lowest BCUT2D eigenvalue weighted by molar-refractivity contribution is -0.128. The molecule has 1 fully saturated rings. The maximum absolute atomic E-state index is 12.4. The van der Waals surface area contributed by atoms with Crippen LogP contribution in [-0.2, 0) is 11.3 Å². The minimum absolute atomic E-state index is 0.0360. The first kappa shape index (κ1) is 16.0. The van der Waals surface area contributed by atoms with E-state index >= 15 is 0 Å². The van der Waals surface area contributed by atoms with Gasteiger partial charge >= 0.3 is 0 Å². The third-order valence-electron chi connectivity index (χ3n) is 4.54. The van der Waals surface area contributed by atoms with Crippen LogP contribution in [0, 0.1) is 5.92 Å². The molecule has 0 bridgehead atoms. The van der Waals surface area contributed by atoms with Gasteiger partial charge in [0.2, 0.25) is 5.91 Å². The Morgan fingerprint density at radius 2 is 2.05 bits per heavy atom. The van der Waals surface area contributed by atoms with Crippen molar-refractivity contribution in [3.05, 3.63) is 35.4 Å². The number of nitrogens with two attached hydrogens (primary N) is 2. The molecule has 0 radical (unpaired) electrons. The van der Waals surface area contributed by atoms with Gasteiger partial charge in [-0.1, -0.05) is 37.1 Å². The maximum atomic E-state index is 12.4. The molecule has 1 saturated carbocycles. The van der Waals surface area contributed by atoms with Crippen LogP contribution in [0.15, 0.2) is 24.3 Å². The maximum Gasteiger partial charge on any atom is 0.225 e. The monoisotopic (exact) mass is 289 g/mol. The molecule has 3 atom stereocenters. The second-order valence-electron chi connectivity index (χ2n) is 6.55. The summed E-state index contributed by atoms with van der Waals surface area (Å²) in [5, 5.41) is 3.02. The molecule has 0 aromatic heterocycles. The minimum Gasteiger partial charge on any atom is -0.352 e. The van der Waals surface area contributed by atoms with Crippen molar-refractivity contribution in [3.63, 3.8) is 0 Å². The van der Waals surface area contributed by atoms with Crippen LogP contribution >= 0.6 is 0 Å². The average Bonchev–Trinajstić information content (AvgIpc) is 2.44. The van der Waals surface area contributed by atoms with Gasteiger partial charge in [0.15, 0.2) is 0 Å². The van der Waals surface area contributed by atoms with E-state index in [9.17, 15) is 4.79 Å². The number of hydrogen-bond donors (Lipinski definition) is 3. The van der Waals surface area contributed by atoms with E-state index in [4.69, 9.17) is 11.5 Å². The van der Waals surface area contributed by atoms with E-state index in [2.05, 4.69) is 5.32 Å². The summed E-state index contributed by atoms with van der Waals surface area (Å²) in [5.74, 6) is 0.00515. The van der Waals surface area contributed by atoms with Crippen molar-refractivity contribution in [2.45, 2.75) is 57.7 Å². The Morgan fingerprint density at radius 3 is 2.62 bits per heavy atom. The van der Waals surface area contributed by atoms with Crippen LogP contribution in [0.25, 0.3) is 0 Å². The van der Waals surface area contributed by atoms with E-state index in [1.54, 1.807) is 0 Å². The molecule has 1 aliphatic carbocycles. The standard InChI is InChI=1S/C17H27N3O/c1-12(18)14-8-6-13(7-9-14)11-20-16(21)15-5-3-4-10-17(15,2)19/h6-9,12,15H,3-5,10-11,18-19H2,1-2H3,(H,20,21). The second-order valence-corrected chi connectivity index (χ2v) is 6.55. The molecule has 3 unspecified atom stereocenters. The lowest BCUT2D eigenvalue weighted by atomic mass is 9.74. The fraction of sp³-hybridized carbons (Fsp3) is 0.588. The lowest BCUT2D eigenvalue weighted by Crippen LogP contribution is -2.52. The fourth-order valence-corrected chi connectivity index (χ4v) is 3.04. The van der Waals surface area contributed by atoms with E-state index in [-0.39, 0.29) is 23.4 Å². The number of nitrogens with one attached hydrogen (secondary N) is 1. The molecule has 1 amide bonds. The van der Waals surface area contributed by atoms with Gasteiger partial charge in [-0.2, -0.15) is 0 Å². The first-order valence-electron chi connectivity index (χ1n) is 7.81. The highest BCUT2D eigenvalue weighted by Gasteiger charge is 2.37. The molecular weight excluding hydrogens is 262 g/mol. The molecule has 5 N–H and O–H groups in total. The van der Waals surface area contributed by atoms with E-state index in [1.807, 2.05) is 38.1 Å². The quantitative estimate of drug-likeness (QED) is 0.795. The first-order valence-corrected chi connectivity index (χ1v) is 7.81. The van der Waals surface area contributed by atoms with Crippen LogP contribution in [0.4, 0.5) is 0 Å². The SMILES string of the molecule is CC(N)c1ccc(CNC(=O)C2CCCCC2(C)N)cc1. The zero-order valence-electron chi connectivity index (χ0n) is 13.1. The topological polar surface area (TPSA) is 81.1 Å². The summed E-state index contributed by atoms with van der Waals surface area (Å²) in [6, 6.07) is 8.09. The van der Waals surface area contributed by atoms with Crippen molar-refractivity contribution in [1.82, 2.24) is 5.32 Å². The Labute approximate surface area is 127 Å². The van der Waals surface area contributed by atoms with E-state index in [1.165, 1.54) is 0 Å². The molecule has 1 aromatic rings. The number of carbonyl (C=O) groups is 1. The Kier molecular flexibility index (Phi) is 5.01. The van der Waals surface area contributed by atoms with Gasteiger partial charge in [-0.3, -0.25) is 4.79 Å². The van der Waals surface area contributed by atoms with Gasteiger partial charge in [0.25, 0.3) is 0 Å². The molecule has 0 saturated heterocycles. The minimum atomic E-state index is -0.374. The molecule has 21 heavy (non-hydrogen) atoms. The molecule has 4 nitrogen and oxygen atoms in total. The fourth-order valence-electron chi connectivity index (χ4n) is 3.04. The second kappa shape index (κ2) is 6.58. The van der Waals surface area contributed by atoms with Crippen LogP contribution in [0.1, 0.15) is 56.7 Å². The summed E-state index contributed by atoms with van der Waals surface area (Å²) in [7, 11) is 0. The Morgan fingerprint density at radius 1 is 1.38 bits per heavy atom. The van der Waals surface area contributed by atoms with E-state index < -0.39 is 0 Å². The van der Waals surface area contributed by atoms with Crippen LogP contribution < -0.4 is 16.8 Å². The number of amides is 1. The molecule has 1 aromatic carbocycles. The van der Waals surface area contributed by atoms with Gasteiger partial charge < -0.3 is 16.8 Å². The molecule has 2 rings (SSSR count). The Balaban J connectivity index is 1.91. The first-order chi connectivity index (χ1) is 9.90. The number of carbonyl (C=O) groups excluding carboxylic acids is 1. The van der Waals surface area contributed by atoms with Crippen molar-refractivity contribution in [2.75, 3.05) is 0 Å². The number of hydrogen-bond acceptors (Lipinski definition) is 3. The number of rotatable bonds is 4. The molecular formula is C17H27N3O. The van der Waals surface area contributed by atoms with Crippen molar-refractivity contribution in [2.24, 2.45) is 17.4 Å². The molecule has 0 heterocycles. The highest BCUT2D eigenvalue weighted by molar-refractivity contribution is 5.80. The largest absolute Gasteiger partial charge is 0.352 e. The van der Waals surface area contributed by atoms with E-state index in [0.717, 1.165) is 36.8 Å². The van der Waals surface area contributed by atoms with Gasteiger partial charge in [0.1, 0.15) is 0 Å². The predicted molar refractivity (Wildman–Crippen MR) is 85.4 cm³/mol.